The van der Waals surface area contributed by atoms with Gasteiger partial charge in [-0.3, -0.25) is 9.48 Å². The number of nitrogens with one attached hydrogen (secondary N) is 1. The molecule has 5 rings (SSSR count). The van der Waals surface area contributed by atoms with Crippen LogP contribution in [-0.2, 0) is 7.05 Å². The minimum absolute atomic E-state index is 0.127. The fourth-order valence-electron chi connectivity index (χ4n) is 3.32. The number of aromatic nitrogens is 6. The van der Waals surface area contributed by atoms with Crippen LogP contribution >= 0.6 is 0 Å². The minimum Gasteiger partial charge on any atom is -0.305 e. The number of hydrogen-bond acceptors (Lipinski definition) is 5. The predicted octanol–water partition coefficient (Wildman–Crippen LogP) is 3.72. The van der Waals surface area contributed by atoms with Crippen molar-refractivity contribution in [2.75, 3.05) is 5.32 Å². The Balaban J connectivity index is 1.47. The highest BCUT2D eigenvalue weighted by Crippen LogP contribution is 2.30. The third-order valence-corrected chi connectivity index (χ3v) is 4.77. The van der Waals surface area contributed by atoms with Crippen LogP contribution in [0.15, 0.2) is 67.1 Å². The van der Waals surface area contributed by atoms with Crippen molar-refractivity contribution in [2.45, 2.75) is 0 Å². The van der Waals surface area contributed by atoms with Gasteiger partial charge >= 0.3 is 0 Å². The lowest BCUT2D eigenvalue weighted by atomic mass is 10.1. The normalized spacial score (nSPS) is 11.1. The van der Waals surface area contributed by atoms with Gasteiger partial charge in [-0.2, -0.15) is 14.6 Å². The molecule has 32 heavy (non-hydrogen) atoms. The zero-order valence-corrected chi connectivity index (χ0v) is 16.7. The van der Waals surface area contributed by atoms with Crippen LogP contribution in [0.1, 0.15) is 10.4 Å². The van der Waals surface area contributed by atoms with E-state index < -0.39 is 11.9 Å². The molecule has 0 bridgehead atoms. The zero-order valence-electron chi connectivity index (χ0n) is 16.7. The van der Waals surface area contributed by atoms with Crippen molar-refractivity contribution in [2.24, 2.45) is 7.05 Å². The Morgan fingerprint density at radius 2 is 1.81 bits per heavy atom. The molecule has 0 spiro atoms. The van der Waals surface area contributed by atoms with E-state index >= 15 is 0 Å². The van der Waals surface area contributed by atoms with Crippen LogP contribution in [0.2, 0.25) is 0 Å². The number of anilines is 1. The molecular weight excluding hydrogens is 416 g/mol. The maximum atomic E-state index is 13.3. The molecule has 5 aromatic rings. The Morgan fingerprint density at radius 3 is 2.59 bits per heavy atom. The average Bonchev–Trinajstić information content (AvgIpc) is 3.36. The van der Waals surface area contributed by atoms with Gasteiger partial charge in [0.1, 0.15) is 11.5 Å². The quantitative estimate of drug-likeness (QED) is 0.438. The number of hydrogen-bond donors (Lipinski definition) is 1. The van der Waals surface area contributed by atoms with Gasteiger partial charge in [0.05, 0.1) is 11.9 Å². The first-order valence-electron chi connectivity index (χ1n) is 9.55. The summed E-state index contributed by atoms with van der Waals surface area (Å²) in [6.07, 6.45) is 4.60. The van der Waals surface area contributed by atoms with Crippen LogP contribution in [0.5, 0.6) is 0 Å². The predicted molar refractivity (Wildman–Crippen MR) is 113 cm³/mol. The second kappa shape index (κ2) is 7.65. The number of aryl methyl sites for hydroxylation is 1. The minimum atomic E-state index is -0.743. The van der Waals surface area contributed by atoms with Gasteiger partial charge in [0, 0.05) is 42.2 Å². The van der Waals surface area contributed by atoms with Crippen LogP contribution in [0.4, 0.5) is 14.6 Å². The second-order valence-corrected chi connectivity index (χ2v) is 7.04. The Labute approximate surface area is 180 Å². The molecule has 4 heterocycles. The molecule has 158 valence electrons. The molecule has 0 fully saturated rings. The average molecular weight is 431 g/mol. The van der Waals surface area contributed by atoms with Crippen LogP contribution in [0, 0.1) is 11.8 Å². The van der Waals surface area contributed by atoms with Gasteiger partial charge in [0.15, 0.2) is 11.5 Å². The number of amides is 1. The third-order valence-electron chi connectivity index (χ3n) is 4.77. The summed E-state index contributed by atoms with van der Waals surface area (Å²) in [6, 6.07) is 12.1. The van der Waals surface area contributed by atoms with Crippen LogP contribution in [-0.4, -0.2) is 35.3 Å². The van der Waals surface area contributed by atoms with Crippen molar-refractivity contribution in [3.05, 3.63) is 84.4 Å². The van der Waals surface area contributed by atoms with E-state index in [9.17, 15) is 13.6 Å². The van der Waals surface area contributed by atoms with E-state index in [2.05, 4.69) is 25.5 Å². The number of fused-ring (bicyclic) bond motifs is 1. The van der Waals surface area contributed by atoms with Crippen molar-refractivity contribution in [3.63, 3.8) is 0 Å². The molecular formula is C22H15F2N7O. The summed E-state index contributed by atoms with van der Waals surface area (Å²) in [5, 5.41) is 11.7. The maximum absolute atomic E-state index is 13.3. The van der Waals surface area contributed by atoms with Gasteiger partial charge in [-0.15, -0.1) is 0 Å². The summed E-state index contributed by atoms with van der Waals surface area (Å²) in [6.45, 7) is 0. The van der Waals surface area contributed by atoms with E-state index in [4.69, 9.17) is 0 Å². The fraction of sp³-hybridized carbons (Fsp3) is 0.0455. The molecule has 0 saturated carbocycles. The second-order valence-electron chi connectivity index (χ2n) is 7.04. The van der Waals surface area contributed by atoms with Crippen molar-refractivity contribution >= 4 is 17.4 Å². The van der Waals surface area contributed by atoms with E-state index in [0.29, 0.717) is 17.0 Å². The molecule has 4 aromatic heterocycles. The van der Waals surface area contributed by atoms with Gasteiger partial charge < -0.3 is 5.32 Å². The molecule has 0 aliphatic heterocycles. The molecule has 0 unspecified atom stereocenters. The molecule has 1 amide bonds. The summed E-state index contributed by atoms with van der Waals surface area (Å²) in [5.41, 5.74) is 3.43. The Bertz CT molecular complexity index is 1460. The topological polar surface area (TPSA) is 90.0 Å². The van der Waals surface area contributed by atoms with Gasteiger partial charge in [0.2, 0.25) is 5.95 Å². The molecule has 0 atom stereocenters. The first-order chi connectivity index (χ1) is 15.5. The van der Waals surface area contributed by atoms with Crippen LogP contribution < -0.4 is 5.32 Å². The number of benzene rings is 1. The number of nitrogens with zero attached hydrogens (tertiary/aromatic N) is 6. The van der Waals surface area contributed by atoms with Crippen molar-refractivity contribution in [3.8, 4) is 22.5 Å². The summed E-state index contributed by atoms with van der Waals surface area (Å²) in [7, 11) is 1.79. The number of halogens is 2. The Kier molecular flexibility index (Phi) is 4.66. The lowest BCUT2D eigenvalue weighted by molar-refractivity contribution is 0.102. The SMILES string of the molecule is Cn1cc(-c2ccc3nc(NC(=O)c4ccnc(F)c4)cn3n2)c(-c2ccc(F)cc2)n1. The first-order valence-corrected chi connectivity index (χ1v) is 9.55. The molecule has 8 nitrogen and oxygen atoms in total. The summed E-state index contributed by atoms with van der Waals surface area (Å²) in [4.78, 5) is 20.1. The van der Waals surface area contributed by atoms with E-state index in [1.54, 1.807) is 42.2 Å². The summed E-state index contributed by atoms with van der Waals surface area (Å²) < 4.78 is 29.8. The number of carbonyl (C=O) groups excluding carboxylic acids is 1. The van der Waals surface area contributed by atoms with Crippen LogP contribution in [0.3, 0.4) is 0 Å². The highest BCUT2D eigenvalue weighted by molar-refractivity contribution is 6.03. The largest absolute Gasteiger partial charge is 0.305 e. The summed E-state index contributed by atoms with van der Waals surface area (Å²) in [5.74, 6) is -1.32. The molecule has 10 heteroatoms. The lowest BCUT2D eigenvalue weighted by Gasteiger charge is -2.03. The zero-order chi connectivity index (χ0) is 22.2. The molecule has 0 saturated heterocycles. The smallest absolute Gasteiger partial charge is 0.257 e. The number of imidazole rings is 1. The van der Waals surface area contributed by atoms with Crippen molar-refractivity contribution in [1.29, 1.82) is 0 Å². The molecule has 0 aliphatic rings. The monoisotopic (exact) mass is 431 g/mol. The Hall–Kier alpha value is -4.47. The van der Waals surface area contributed by atoms with Crippen molar-refractivity contribution in [1.82, 2.24) is 29.4 Å². The molecule has 0 radical (unpaired) electrons. The molecule has 1 N–H and O–H groups in total. The maximum Gasteiger partial charge on any atom is 0.257 e. The van der Waals surface area contributed by atoms with Gasteiger partial charge in [-0.1, -0.05) is 0 Å². The lowest BCUT2D eigenvalue weighted by Crippen LogP contribution is -2.12. The summed E-state index contributed by atoms with van der Waals surface area (Å²) >= 11 is 0. The van der Waals surface area contributed by atoms with E-state index in [-0.39, 0.29) is 17.2 Å². The van der Waals surface area contributed by atoms with Gasteiger partial charge in [-0.25, -0.2) is 18.9 Å². The molecule has 1 aromatic carbocycles. The standard InChI is InChI=1S/C22H15F2N7O/c1-30-11-16(21(29-30)13-2-4-15(23)5-3-13)17-6-7-20-26-19(12-31(20)28-17)27-22(32)14-8-9-25-18(24)10-14/h2-12H,1H3,(H,27,32). The molecule has 0 aliphatic carbocycles. The van der Waals surface area contributed by atoms with Crippen molar-refractivity contribution < 1.29 is 13.6 Å². The number of pyridine rings is 1. The number of carbonyl (C=O) groups is 1. The van der Waals surface area contributed by atoms with Gasteiger partial charge in [0.25, 0.3) is 5.91 Å². The fourth-order valence-corrected chi connectivity index (χ4v) is 3.32. The Morgan fingerprint density at radius 1 is 1.00 bits per heavy atom. The van der Waals surface area contributed by atoms with Gasteiger partial charge in [-0.05, 0) is 42.5 Å². The third kappa shape index (κ3) is 3.69. The highest BCUT2D eigenvalue weighted by atomic mass is 19.1. The van der Waals surface area contributed by atoms with E-state index in [1.165, 1.54) is 28.9 Å². The highest BCUT2D eigenvalue weighted by Gasteiger charge is 2.16. The number of rotatable bonds is 4. The van der Waals surface area contributed by atoms with E-state index in [1.807, 2.05) is 6.20 Å². The first kappa shape index (κ1) is 19.5. The van der Waals surface area contributed by atoms with E-state index in [0.717, 1.165) is 17.2 Å². The van der Waals surface area contributed by atoms with Crippen LogP contribution in [0.25, 0.3) is 28.2 Å².